The van der Waals surface area contributed by atoms with E-state index in [1.807, 2.05) is 26.0 Å². The van der Waals surface area contributed by atoms with Gasteiger partial charge in [0.05, 0.1) is 11.8 Å². The Labute approximate surface area is 125 Å². The highest BCUT2D eigenvalue weighted by atomic mass is 32.2. The van der Waals surface area contributed by atoms with Gasteiger partial charge in [0.25, 0.3) is 0 Å². The molecule has 0 unspecified atom stereocenters. The Hall–Kier alpha value is -1.47. The van der Waals surface area contributed by atoms with Gasteiger partial charge in [-0.25, -0.2) is 0 Å². The minimum absolute atomic E-state index is 0.0813. The average molecular weight is 290 g/mol. The van der Waals surface area contributed by atoms with Gasteiger partial charge in [0.15, 0.2) is 0 Å². The van der Waals surface area contributed by atoms with Crippen molar-refractivity contribution >= 4 is 17.7 Å². The zero-order valence-corrected chi connectivity index (χ0v) is 13.4. The van der Waals surface area contributed by atoms with E-state index in [9.17, 15) is 10.1 Å². The van der Waals surface area contributed by atoms with Crippen LogP contribution >= 0.6 is 11.8 Å². The van der Waals surface area contributed by atoms with Gasteiger partial charge in [-0.05, 0) is 30.9 Å². The van der Waals surface area contributed by atoms with E-state index in [0.29, 0.717) is 5.75 Å². The molecule has 108 valence electrons. The smallest absolute Gasteiger partial charge is 0.231 e. The summed E-state index contributed by atoms with van der Waals surface area (Å²) < 4.78 is 0. The van der Waals surface area contributed by atoms with E-state index in [-0.39, 0.29) is 11.8 Å². The van der Waals surface area contributed by atoms with Crippen molar-refractivity contribution in [2.45, 2.75) is 39.0 Å². The van der Waals surface area contributed by atoms with Gasteiger partial charge in [-0.3, -0.25) is 4.79 Å². The molecule has 0 spiro atoms. The first-order chi connectivity index (χ1) is 9.39. The summed E-state index contributed by atoms with van der Waals surface area (Å²) in [6.07, 6.45) is 0. The molecular weight excluding hydrogens is 268 g/mol. The van der Waals surface area contributed by atoms with Gasteiger partial charge in [0.2, 0.25) is 5.91 Å². The predicted molar refractivity (Wildman–Crippen MR) is 84.3 cm³/mol. The van der Waals surface area contributed by atoms with Crippen molar-refractivity contribution in [2.75, 3.05) is 5.75 Å². The summed E-state index contributed by atoms with van der Waals surface area (Å²) in [7, 11) is 0. The SMILES string of the molecule is Cc1ccccc1CSCC(=O)N[C@@](C)(C#N)C(C)C. The molecule has 0 aromatic heterocycles. The lowest BCUT2D eigenvalue weighted by Gasteiger charge is -2.27. The normalized spacial score (nSPS) is 13.6. The summed E-state index contributed by atoms with van der Waals surface area (Å²) in [5.74, 6) is 1.18. The Balaban J connectivity index is 2.45. The minimum atomic E-state index is -0.791. The van der Waals surface area contributed by atoms with Crippen LogP contribution in [0.25, 0.3) is 0 Å². The predicted octanol–water partition coefficient (Wildman–Crippen LogP) is 3.28. The second kappa shape index (κ2) is 7.35. The molecule has 0 aliphatic rings. The number of nitrogens with one attached hydrogen (secondary N) is 1. The van der Waals surface area contributed by atoms with E-state index in [4.69, 9.17) is 0 Å². The number of benzene rings is 1. The number of nitrogens with zero attached hydrogens (tertiary/aromatic N) is 1. The average Bonchev–Trinajstić information content (AvgIpc) is 2.40. The molecule has 0 bridgehead atoms. The molecule has 1 atom stereocenters. The first-order valence-electron chi connectivity index (χ1n) is 6.73. The zero-order chi connectivity index (χ0) is 15.2. The standard InChI is InChI=1S/C16H22N2OS/c1-12(2)16(4,11-17)18-15(19)10-20-9-14-8-6-5-7-13(14)3/h5-8,12H,9-10H2,1-4H3,(H,18,19)/t16-/m0/s1. The molecule has 1 N–H and O–H groups in total. The molecule has 4 heteroatoms. The molecule has 1 aromatic carbocycles. The topological polar surface area (TPSA) is 52.9 Å². The molecule has 1 amide bonds. The number of carbonyl (C=O) groups is 1. The van der Waals surface area contributed by atoms with E-state index < -0.39 is 5.54 Å². The maximum absolute atomic E-state index is 11.9. The fourth-order valence-corrected chi connectivity index (χ4v) is 2.56. The summed E-state index contributed by atoms with van der Waals surface area (Å²) in [5, 5.41) is 12.0. The Morgan fingerprint density at radius 3 is 2.65 bits per heavy atom. The molecule has 0 fully saturated rings. The van der Waals surface area contributed by atoms with Crippen molar-refractivity contribution < 1.29 is 4.79 Å². The number of aryl methyl sites for hydroxylation is 1. The summed E-state index contributed by atoms with van der Waals surface area (Å²) in [4.78, 5) is 11.9. The van der Waals surface area contributed by atoms with Gasteiger partial charge >= 0.3 is 0 Å². The number of amides is 1. The van der Waals surface area contributed by atoms with Crippen molar-refractivity contribution in [3.05, 3.63) is 35.4 Å². The Morgan fingerprint density at radius 2 is 2.10 bits per heavy atom. The third-order valence-electron chi connectivity index (χ3n) is 3.54. The van der Waals surface area contributed by atoms with Crippen LogP contribution in [-0.2, 0) is 10.5 Å². The maximum atomic E-state index is 11.9. The molecule has 0 aliphatic carbocycles. The summed E-state index contributed by atoms with van der Waals surface area (Å²) in [6.45, 7) is 7.71. The van der Waals surface area contributed by atoms with Crippen molar-refractivity contribution in [3.63, 3.8) is 0 Å². The molecule has 0 radical (unpaired) electrons. The molecule has 0 aliphatic heterocycles. The highest BCUT2D eigenvalue weighted by Gasteiger charge is 2.29. The van der Waals surface area contributed by atoms with Gasteiger partial charge in [-0.15, -0.1) is 11.8 Å². The van der Waals surface area contributed by atoms with Gasteiger partial charge in [0, 0.05) is 5.75 Å². The highest BCUT2D eigenvalue weighted by Crippen LogP contribution is 2.18. The van der Waals surface area contributed by atoms with Gasteiger partial charge in [-0.2, -0.15) is 5.26 Å². The minimum Gasteiger partial charge on any atom is -0.337 e. The molecule has 1 aromatic rings. The van der Waals surface area contributed by atoms with E-state index in [1.54, 1.807) is 18.7 Å². The van der Waals surface area contributed by atoms with Crippen LogP contribution < -0.4 is 5.32 Å². The Bertz CT molecular complexity index is 507. The second-order valence-electron chi connectivity index (χ2n) is 5.44. The lowest BCUT2D eigenvalue weighted by atomic mass is 9.90. The maximum Gasteiger partial charge on any atom is 0.231 e. The van der Waals surface area contributed by atoms with Gasteiger partial charge in [0.1, 0.15) is 5.54 Å². The van der Waals surface area contributed by atoms with E-state index >= 15 is 0 Å². The third kappa shape index (κ3) is 4.57. The number of rotatable bonds is 6. The van der Waals surface area contributed by atoms with Crippen LogP contribution in [0.1, 0.15) is 31.9 Å². The quantitative estimate of drug-likeness (QED) is 0.874. The molecule has 0 saturated carbocycles. The highest BCUT2D eigenvalue weighted by molar-refractivity contribution is 7.99. The fraction of sp³-hybridized carbons (Fsp3) is 0.500. The van der Waals surface area contributed by atoms with Crippen molar-refractivity contribution in [3.8, 4) is 6.07 Å². The lowest BCUT2D eigenvalue weighted by Crippen LogP contribution is -2.49. The van der Waals surface area contributed by atoms with Crippen LogP contribution in [0.3, 0.4) is 0 Å². The van der Waals surface area contributed by atoms with Gasteiger partial charge in [-0.1, -0.05) is 38.1 Å². The number of thioether (sulfide) groups is 1. The fourth-order valence-electron chi connectivity index (χ4n) is 1.65. The largest absolute Gasteiger partial charge is 0.337 e. The van der Waals surface area contributed by atoms with Crippen molar-refractivity contribution in [1.82, 2.24) is 5.32 Å². The molecule has 1 rings (SSSR count). The third-order valence-corrected chi connectivity index (χ3v) is 4.52. The molecular formula is C16H22N2OS. The lowest BCUT2D eigenvalue weighted by molar-refractivity contribution is -0.120. The number of nitriles is 1. The summed E-state index contributed by atoms with van der Waals surface area (Å²) in [5.41, 5.74) is 1.70. The molecule has 0 heterocycles. The van der Waals surface area contributed by atoms with Crippen LogP contribution in [0, 0.1) is 24.2 Å². The van der Waals surface area contributed by atoms with Crippen molar-refractivity contribution in [2.24, 2.45) is 5.92 Å². The van der Waals surface area contributed by atoms with E-state index in [1.165, 1.54) is 11.1 Å². The van der Waals surface area contributed by atoms with E-state index in [0.717, 1.165) is 5.75 Å². The number of hydrogen-bond acceptors (Lipinski definition) is 3. The van der Waals surface area contributed by atoms with Crippen LogP contribution in [0.2, 0.25) is 0 Å². The van der Waals surface area contributed by atoms with Crippen LogP contribution in [-0.4, -0.2) is 17.2 Å². The Morgan fingerprint density at radius 1 is 1.45 bits per heavy atom. The molecule has 0 saturated heterocycles. The monoisotopic (exact) mass is 290 g/mol. The first-order valence-corrected chi connectivity index (χ1v) is 7.89. The number of hydrogen-bond donors (Lipinski definition) is 1. The first kappa shape index (κ1) is 16.6. The van der Waals surface area contributed by atoms with E-state index in [2.05, 4.69) is 30.4 Å². The Kier molecular flexibility index (Phi) is 6.09. The van der Waals surface area contributed by atoms with Gasteiger partial charge < -0.3 is 5.32 Å². The van der Waals surface area contributed by atoms with Crippen molar-refractivity contribution in [1.29, 1.82) is 5.26 Å². The summed E-state index contributed by atoms with van der Waals surface area (Å²) in [6, 6.07) is 10.4. The second-order valence-corrected chi connectivity index (χ2v) is 6.42. The summed E-state index contributed by atoms with van der Waals surface area (Å²) >= 11 is 1.57. The van der Waals surface area contributed by atoms with Crippen LogP contribution in [0.4, 0.5) is 0 Å². The van der Waals surface area contributed by atoms with Crippen LogP contribution in [0.15, 0.2) is 24.3 Å². The van der Waals surface area contributed by atoms with Crippen LogP contribution in [0.5, 0.6) is 0 Å². The number of carbonyl (C=O) groups excluding carboxylic acids is 1. The molecule has 20 heavy (non-hydrogen) atoms. The molecule has 3 nitrogen and oxygen atoms in total. The zero-order valence-electron chi connectivity index (χ0n) is 12.6.